The van der Waals surface area contributed by atoms with Crippen molar-refractivity contribution in [3.63, 3.8) is 0 Å². The molecular weight excluding hydrogens is 243 g/mol. The summed E-state index contributed by atoms with van der Waals surface area (Å²) in [7, 11) is 1.65. The number of carbonyl (C=O) groups is 1. The summed E-state index contributed by atoms with van der Waals surface area (Å²) in [4.78, 5) is 13.8. The van der Waals surface area contributed by atoms with Crippen LogP contribution in [0.1, 0.15) is 15.9 Å². The topological polar surface area (TPSA) is 46.3 Å². The Balaban J connectivity index is 2.40. The lowest BCUT2D eigenvalue weighted by Crippen LogP contribution is -2.27. The number of halogens is 1. The van der Waals surface area contributed by atoms with E-state index in [4.69, 9.17) is 5.73 Å². The fourth-order valence-electron chi connectivity index (χ4n) is 1.95. The number of amides is 1. The van der Waals surface area contributed by atoms with Crippen LogP contribution in [0.2, 0.25) is 0 Å². The first-order valence-corrected chi connectivity index (χ1v) is 5.90. The highest BCUT2D eigenvalue weighted by atomic mass is 19.1. The fraction of sp³-hybridized carbons (Fsp3) is 0.133. The van der Waals surface area contributed by atoms with Gasteiger partial charge in [0.2, 0.25) is 0 Å². The molecule has 19 heavy (non-hydrogen) atoms. The number of nitrogens with zero attached hydrogens (tertiary/aromatic N) is 1. The van der Waals surface area contributed by atoms with E-state index in [9.17, 15) is 9.18 Å². The van der Waals surface area contributed by atoms with Crippen molar-refractivity contribution in [2.45, 2.75) is 6.92 Å². The van der Waals surface area contributed by atoms with Gasteiger partial charge < -0.3 is 10.6 Å². The molecule has 0 fully saturated rings. The second-order valence-corrected chi connectivity index (χ2v) is 4.35. The van der Waals surface area contributed by atoms with Crippen molar-refractivity contribution in [1.29, 1.82) is 0 Å². The number of hydrogen-bond acceptors (Lipinski definition) is 2. The highest BCUT2D eigenvalue weighted by Crippen LogP contribution is 2.23. The molecule has 0 radical (unpaired) electrons. The highest BCUT2D eigenvalue weighted by Gasteiger charge is 2.18. The van der Waals surface area contributed by atoms with Crippen molar-refractivity contribution in [2.75, 3.05) is 17.7 Å². The maximum absolute atomic E-state index is 13.4. The van der Waals surface area contributed by atoms with Gasteiger partial charge >= 0.3 is 0 Å². The molecule has 0 spiro atoms. The number of nitrogens with two attached hydrogens (primary N) is 1. The van der Waals surface area contributed by atoms with Gasteiger partial charge in [-0.25, -0.2) is 4.39 Å². The van der Waals surface area contributed by atoms with Gasteiger partial charge in [0.15, 0.2) is 0 Å². The summed E-state index contributed by atoms with van der Waals surface area (Å²) in [5.41, 5.74) is 7.41. The molecular formula is C15H15FN2O. The van der Waals surface area contributed by atoms with E-state index in [0.29, 0.717) is 0 Å². The van der Waals surface area contributed by atoms with Crippen molar-refractivity contribution in [3.05, 3.63) is 59.4 Å². The average molecular weight is 258 g/mol. The Bertz CT molecular complexity index is 625. The summed E-state index contributed by atoms with van der Waals surface area (Å²) < 4.78 is 13.4. The van der Waals surface area contributed by atoms with Gasteiger partial charge in [-0.2, -0.15) is 0 Å². The van der Waals surface area contributed by atoms with E-state index in [-0.39, 0.29) is 17.2 Å². The largest absolute Gasteiger partial charge is 0.396 e. The zero-order valence-corrected chi connectivity index (χ0v) is 10.9. The van der Waals surface area contributed by atoms with Crippen LogP contribution in [0.3, 0.4) is 0 Å². The van der Waals surface area contributed by atoms with Crippen molar-refractivity contribution < 1.29 is 9.18 Å². The van der Waals surface area contributed by atoms with Crippen molar-refractivity contribution >= 4 is 17.3 Å². The van der Waals surface area contributed by atoms with Crippen LogP contribution in [0.15, 0.2) is 42.5 Å². The van der Waals surface area contributed by atoms with Crippen LogP contribution >= 0.6 is 0 Å². The standard InChI is InChI=1S/C15H15FN2O/c1-10-6-3-4-9-13(10)18(2)15(19)11-7-5-8-12(16)14(11)17/h3-9H,17H2,1-2H3. The lowest BCUT2D eigenvalue weighted by Gasteiger charge is -2.20. The van der Waals surface area contributed by atoms with E-state index in [2.05, 4.69) is 0 Å². The Morgan fingerprint density at radius 1 is 1.16 bits per heavy atom. The van der Waals surface area contributed by atoms with Gasteiger partial charge in [0, 0.05) is 12.7 Å². The number of carbonyl (C=O) groups excluding carboxylic acids is 1. The van der Waals surface area contributed by atoms with E-state index in [1.54, 1.807) is 7.05 Å². The predicted molar refractivity (Wildman–Crippen MR) is 74.7 cm³/mol. The summed E-state index contributed by atoms with van der Waals surface area (Å²) in [5, 5.41) is 0. The minimum Gasteiger partial charge on any atom is -0.396 e. The average Bonchev–Trinajstić information content (AvgIpc) is 2.41. The van der Waals surface area contributed by atoms with Gasteiger partial charge in [-0.1, -0.05) is 24.3 Å². The van der Waals surface area contributed by atoms with E-state index in [1.165, 1.54) is 23.1 Å². The number of benzene rings is 2. The van der Waals surface area contributed by atoms with Gasteiger partial charge in [-0.15, -0.1) is 0 Å². The molecule has 0 aliphatic heterocycles. The third-order valence-corrected chi connectivity index (χ3v) is 3.06. The monoisotopic (exact) mass is 258 g/mol. The van der Waals surface area contributed by atoms with Crippen LogP contribution in [-0.2, 0) is 0 Å². The van der Waals surface area contributed by atoms with Gasteiger partial charge in [-0.05, 0) is 30.7 Å². The Kier molecular flexibility index (Phi) is 3.51. The summed E-state index contributed by atoms with van der Waals surface area (Å²) in [6.45, 7) is 1.91. The maximum atomic E-state index is 13.4. The molecule has 0 aliphatic rings. The Morgan fingerprint density at radius 3 is 2.53 bits per heavy atom. The molecule has 2 aromatic rings. The predicted octanol–water partition coefficient (Wildman–Crippen LogP) is 2.99. The quantitative estimate of drug-likeness (QED) is 0.842. The van der Waals surface area contributed by atoms with E-state index in [1.807, 2.05) is 31.2 Å². The molecule has 2 N–H and O–H groups in total. The zero-order valence-electron chi connectivity index (χ0n) is 10.9. The van der Waals surface area contributed by atoms with Gasteiger partial charge in [0.05, 0.1) is 11.3 Å². The third kappa shape index (κ3) is 2.42. The van der Waals surface area contributed by atoms with Crippen LogP contribution < -0.4 is 10.6 Å². The zero-order chi connectivity index (χ0) is 14.0. The van der Waals surface area contributed by atoms with Gasteiger partial charge in [0.25, 0.3) is 5.91 Å². The number of rotatable bonds is 2. The molecule has 0 unspecified atom stereocenters. The molecule has 0 saturated heterocycles. The summed E-state index contributed by atoms with van der Waals surface area (Å²) in [6, 6.07) is 11.7. The minimum atomic E-state index is -0.580. The summed E-state index contributed by atoms with van der Waals surface area (Å²) in [5.74, 6) is -0.907. The molecule has 98 valence electrons. The Morgan fingerprint density at radius 2 is 1.84 bits per heavy atom. The van der Waals surface area contributed by atoms with Crippen LogP contribution in [0.25, 0.3) is 0 Å². The minimum absolute atomic E-state index is 0.118. The second-order valence-electron chi connectivity index (χ2n) is 4.35. The number of para-hydroxylation sites is 2. The number of aryl methyl sites for hydroxylation is 1. The molecule has 0 atom stereocenters. The van der Waals surface area contributed by atoms with Crippen LogP contribution in [0.5, 0.6) is 0 Å². The lowest BCUT2D eigenvalue weighted by atomic mass is 10.1. The molecule has 3 nitrogen and oxygen atoms in total. The molecule has 0 bridgehead atoms. The molecule has 2 rings (SSSR count). The second kappa shape index (κ2) is 5.10. The molecule has 0 aromatic heterocycles. The van der Waals surface area contributed by atoms with E-state index in [0.717, 1.165) is 11.3 Å². The maximum Gasteiger partial charge on any atom is 0.260 e. The lowest BCUT2D eigenvalue weighted by molar-refractivity contribution is 0.0993. The summed E-state index contributed by atoms with van der Waals surface area (Å²) in [6.07, 6.45) is 0. The number of hydrogen-bond donors (Lipinski definition) is 1. The molecule has 0 heterocycles. The number of nitrogen functional groups attached to an aromatic ring is 1. The van der Waals surface area contributed by atoms with Crippen LogP contribution in [0.4, 0.5) is 15.8 Å². The molecule has 0 aliphatic carbocycles. The van der Waals surface area contributed by atoms with Crippen molar-refractivity contribution in [3.8, 4) is 0 Å². The summed E-state index contributed by atoms with van der Waals surface area (Å²) >= 11 is 0. The van der Waals surface area contributed by atoms with Crippen LogP contribution in [0, 0.1) is 12.7 Å². The Hall–Kier alpha value is -2.36. The highest BCUT2D eigenvalue weighted by molar-refractivity contribution is 6.09. The molecule has 1 amide bonds. The number of anilines is 2. The van der Waals surface area contributed by atoms with Crippen molar-refractivity contribution in [1.82, 2.24) is 0 Å². The Labute approximate surface area is 111 Å². The first-order chi connectivity index (χ1) is 9.02. The normalized spacial score (nSPS) is 10.3. The fourth-order valence-corrected chi connectivity index (χ4v) is 1.95. The van der Waals surface area contributed by atoms with E-state index >= 15 is 0 Å². The first-order valence-electron chi connectivity index (χ1n) is 5.90. The SMILES string of the molecule is Cc1ccccc1N(C)C(=O)c1cccc(F)c1N. The van der Waals surface area contributed by atoms with Crippen molar-refractivity contribution in [2.24, 2.45) is 0 Å². The molecule has 2 aromatic carbocycles. The first kappa shape index (κ1) is 13.1. The smallest absolute Gasteiger partial charge is 0.260 e. The van der Waals surface area contributed by atoms with Crippen LogP contribution in [-0.4, -0.2) is 13.0 Å². The van der Waals surface area contributed by atoms with Gasteiger partial charge in [-0.3, -0.25) is 4.79 Å². The molecule has 0 saturated carbocycles. The molecule has 4 heteroatoms. The van der Waals surface area contributed by atoms with Gasteiger partial charge in [0.1, 0.15) is 5.82 Å². The van der Waals surface area contributed by atoms with E-state index < -0.39 is 5.82 Å². The third-order valence-electron chi connectivity index (χ3n) is 3.06.